The zero-order chi connectivity index (χ0) is 16.9. The molecule has 0 radical (unpaired) electrons. The number of aryl methyl sites for hydroxylation is 1. The van der Waals surface area contributed by atoms with E-state index in [1.165, 1.54) is 29.5 Å². The third kappa shape index (κ3) is 3.40. The number of thiazole rings is 1. The quantitative estimate of drug-likeness (QED) is 0.737. The molecule has 0 saturated carbocycles. The van der Waals surface area contributed by atoms with Crippen LogP contribution in [-0.4, -0.2) is 38.2 Å². The zero-order valence-corrected chi connectivity index (χ0v) is 14.1. The van der Waals surface area contributed by atoms with Gasteiger partial charge in [0, 0.05) is 11.4 Å². The van der Waals surface area contributed by atoms with E-state index < -0.39 is 0 Å². The first-order chi connectivity index (χ1) is 11.7. The van der Waals surface area contributed by atoms with Crippen molar-refractivity contribution in [2.24, 2.45) is 0 Å². The minimum absolute atomic E-state index is 0.262. The van der Waals surface area contributed by atoms with Crippen LogP contribution in [0.1, 0.15) is 28.8 Å². The first kappa shape index (κ1) is 16.1. The lowest BCUT2D eigenvalue weighted by molar-refractivity contribution is 0.102. The van der Waals surface area contributed by atoms with E-state index in [1.54, 1.807) is 23.6 Å². The summed E-state index contributed by atoms with van der Waals surface area (Å²) in [4.78, 5) is 16.7. The normalized spacial score (nSPS) is 10.6. The summed E-state index contributed by atoms with van der Waals surface area (Å²) in [6, 6.07) is 5.28. The molecular weight excluding hydrogens is 328 g/mol. The number of methoxy groups -OCH3 is 1. The molecule has 0 saturated heterocycles. The van der Waals surface area contributed by atoms with E-state index in [9.17, 15) is 4.79 Å². The van der Waals surface area contributed by atoms with Gasteiger partial charge in [-0.1, -0.05) is 6.92 Å². The maximum Gasteiger partial charge on any atom is 0.275 e. The molecule has 0 aliphatic carbocycles. The van der Waals surface area contributed by atoms with Crippen molar-refractivity contribution in [1.82, 2.24) is 25.2 Å². The van der Waals surface area contributed by atoms with E-state index >= 15 is 0 Å². The summed E-state index contributed by atoms with van der Waals surface area (Å²) < 4.78 is 6.86. The Bertz CT molecular complexity index is 830. The van der Waals surface area contributed by atoms with Gasteiger partial charge in [0.25, 0.3) is 5.91 Å². The molecule has 0 fully saturated rings. The van der Waals surface area contributed by atoms with Crippen molar-refractivity contribution in [3.63, 3.8) is 0 Å². The number of benzene rings is 1. The molecular formula is C15H16N6O2S. The standard InChI is InChI=1S/C15H16N6O2S/c1-3-4-14-17-12(8-24-14)15(22)18-11-6-5-10(7-13(11)23-2)21-9-16-19-20-21/h5-9H,3-4H2,1-2H3,(H,18,22). The Morgan fingerprint density at radius 1 is 1.42 bits per heavy atom. The predicted octanol–water partition coefficient (Wildman–Crippen LogP) is 2.33. The Labute approximate surface area is 142 Å². The minimum Gasteiger partial charge on any atom is -0.494 e. The third-order valence-electron chi connectivity index (χ3n) is 3.30. The van der Waals surface area contributed by atoms with Gasteiger partial charge in [0.05, 0.1) is 23.5 Å². The molecule has 0 bridgehead atoms. The lowest BCUT2D eigenvalue weighted by Crippen LogP contribution is -2.13. The number of nitrogens with one attached hydrogen (secondary N) is 1. The van der Waals surface area contributed by atoms with Crippen molar-refractivity contribution >= 4 is 22.9 Å². The van der Waals surface area contributed by atoms with Crippen LogP contribution in [0.4, 0.5) is 5.69 Å². The molecule has 2 aromatic heterocycles. The predicted molar refractivity (Wildman–Crippen MR) is 89.8 cm³/mol. The highest BCUT2D eigenvalue weighted by atomic mass is 32.1. The second-order valence-electron chi connectivity index (χ2n) is 4.97. The number of hydrogen-bond acceptors (Lipinski definition) is 7. The van der Waals surface area contributed by atoms with E-state index in [1.807, 2.05) is 0 Å². The van der Waals surface area contributed by atoms with E-state index in [-0.39, 0.29) is 5.91 Å². The Morgan fingerprint density at radius 2 is 2.29 bits per heavy atom. The summed E-state index contributed by atoms with van der Waals surface area (Å²) in [6.45, 7) is 2.08. The molecule has 24 heavy (non-hydrogen) atoms. The average molecular weight is 344 g/mol. The highest BCUT2D eigenvalue weighted by molar-refractivity contribution is 7.09. The largest absolute Gasteiger partial charge is 0.494 e. The summed E-state index contributed by atoms with van der Waals surface area (Å²) in [5.41, 5.74) is 1.70. The fourth-order valence-electron chi connectivity index (χ4n) is 2.14. The number of amides is 1. The number of aromatic nitrogens is 5. The molecule has 1 aromatic carbocycles. The number of carbonyl (C=O) groups excluding carboxylic acids is 1. The van der Waals surface area contributed by atoms with Crippen LogP contribution < -0.4 is 10.1 Å². The van der Waals surface area contributed by atoms with Gasteiger partial charge in [-0.15, -0.1) is 16.4 Å². The van der Waals surface area contributed by atoms with Crippen molar-refractivity contribution in [1.29, 1.82) is 0 Å². The molecule has 8 nitrogen and oxygen atoms in total. The van der Waals surface area contributed by atoms with Gasteiger partial charge in [0.15, 0.2) is 0 Å². The molecule has 1 N–H and O–H groups in total. The van der Waals surface area contributed by atoms with Gasteiger partial charge in [-0.05, 0) is 35.4 Å². The molecule has 0 atom stereocenters. The number of anilines is 1. The summed E-state index contributed by atoms with van der Waals surface area (Å²) in [5.74, 6) is 0.252. The number of hydrogen-bond donors (Lipinski definition) is 1. The topological polar surface area (TPSA) is 94.8 Å². The Morgan fingerprint density at radius 3 is 3.00 bits per heavy atom. The summed E-state index contributed by atoms with van der Waals surface area (Å²) in [5, 5.41) is 16.6. The first-order valence-corrected chi connectivity index (χ1v) is 8.26. The molecule has 9 heteroatoms. The van der Waals surface area contributed by atoms with Gasteiger partial charge in [0.1, 0.15) is 17.8 Å². The summed E-state index contributed by atoms with van der Waals surface area (Å²) in [7, 11) is 1.54. The highest BCUT2D eigenvalue weighted by Gasteiger charge is 2.14. The molecule has 0 unspecified atom stereocenters. The Kier molecular flexibility index (Phi) is 4.80. The molecule has 0 spiro atoms. The molecule has 1 amide bonds. The number of carbonyl (C=O) groups is 1. The fraction of sp³-hybridized carbons (Fsp3) is 0.267. The monoisotopic (exact) mass is 344 g/mol. The SMILES string of the molecule is CCCc1nc(C(=O)Nc2ccc(-n3cnnn3)cc2OC)cs1. The molecule has 124 valence electrons. The van der Waals surface area contributed by atoms with Crippen molar-refractivity contribution in [2.45, 2.75) is 19.8 Å². The smallest absolute Gasteiger partial charge is 0.275 e. The van der Waals surface area contributed by atoms with Crippen molar-refractivity contribution in [3.05, 3.63) is 40.6 Å². The van der Waals surface area contributed by atoms with Gasteiger partial charge in [0.2, 0.25) is 0 Å². The number of nitrogens with zero attached hydrogens (tertiary/aromatic N) is 5. The second kappa shape index (κ2) is 7.18. The van der Waals surface area contributed by atoms with Crippen LogP contribution in [-0.2, 0) is 6.42 Å². The van der Waals surface area contributed by atoms with Gasteiger partial charge in [-0.25, -0.2) is 9.67 Å². The Hall–Kier alpha value is -2.81. The van der Waals surface area contributed by atoms with Crippen LogP contribution in [0, 0.1) is 0 Å². The van der Waals surface area contributed by atoms with Crippen molar-refractivity contribution < 1.29 is 9.53 Å². The average Bonchev–Trinajstić information content (AvgIpc) is 3.27. The van der Waals surface area contributed by atoms with Crippen LogP contribution in [0.15, 0.2) is 29.9 Å². The van der Waals surface area contributed by atoms with Crippen LogP contribution in [0.2, 0.25) is 0 Å². The lowest BCUT2D eigenvalue weighted by Gasteiger charge is -2.11. The van der Waals surface area contributed by atoms with E-state index in [2.05, 4.69) is 32.7 Å². The molecule has 3 aromatic rings. The van der Waals surface area contributed by atoms with Crippen molar-refractivity contribution in [3.8, 4) is 11.4 Å². The van der Waals surface area contributed by atoms with Crippen LogP contribution >= 0.6 is 11.3 Å². The van der Waals surface area contributed by atoms with Gasteiger partial charge < -0.3 is 10.1 Å². The minimum atomic E-state index is -0.262. The number of ether oxygens (including phenoxy) is 1. The first-order valence-electron chi connectivity index (χ1n) is 7.38. The maximum absolute atomic E-state index is 12.4. The molecule has 0 aliphatic rings. The maximum atomic E-state index is 12.4. The van der Waals surface area contributed by atoms with Crippen molar-refractivity contribution in [2.75, 3.05) is 12.4 Å². The van der Waals surface area contributed by atoms with Crippen LogP contribution in [0.25, 0.3) is 5.69 Å². The molecule has 0 aliphatic heterocycles. The highest BCUT2D eigenvalue weighted by Crippen LogP contribution is 2.27. The summed E-state index contributed by atoms with van der Waals surface area (Å²) in [6.07, 6.45) is 3.36. The lowest BCUT2D eigenvalue weighted by atomic mass is 10.2. The van der Waals surface area contributed by atoms with Gasteiger partial charge in [-0.3, -0.25) is 4.79 Å². The van der Waals surface area contributed by atoms with Gasteiger partial charge >= 0.3 is 0 Å². The fourth-order valence-corrected chi connectivity index (χ4v) is 3.02. The number of tetrazole rings is 1. The second-order valence-corrected chi connectivity index (χ2v) is 5.91. The number of rotatable bonds is 6. The van der Waals surface area contributed by atoms with E-state index in [0.717, 1.165) is 23.5 Å². The van der Waals surface area contributed by atoms with E-state index in [4.69, 9.17) is 4.74 Å². The van der Waals surface area contributed by atoms with E-state index in [0.29, 0.717) is 17.1 Å². The third-order valence-corrected chi connectivity index (χ3v) is 4.20. The van der Waals surface area contributed by atoms with Gasteiger partial charge in [-0.2, -0.15) is 0 Å². The van der Waals surface area contributed by atoms with Crippen LogP contribution in [0.3, 0.4) is 0 Å². The molecule has 2 heterocycles. The molecule has 3 rings (SSSR count). The summed E-state index contributed by atoms with van der Waals surface area (Å²) >= 11 is 1.49. The zero-order valence-electron chi connectivity index (χ0n) is 13.3. The van der Waals surface area contributed by atoms with Crippen LogP contribution in [0.5, 0.6) is 5.75 Å². The Balaban J connectivity index is 1.79.